The lowest BCUT2D eigenvalue weighted by molar-refractivity contribution is 0.415. The second-order valence-corrected chi connectivity index (χ2v) is 6.31. The van der Waals surface area contributed by atoms with E-state index in [2.05, 4.69) is 14.9 Å². The van der Waals surface area contributed by atoms with E-state index in [9.17, 15) is 8.42 Å². The van der Waals surface area contributed by atoms with Gasteiger partial charge in [-0.05, 0) is 24.3 Å². The van der Waals surface area contributed by atoms with E-state index in [4.69, 9.17) is 9.15 Å². The highest BCUT2D eigenvalue weighted by atomic mass is 32.2. The van der Waals surface area contributed by atoms with Crippen LogP contribution in [0.3, 0.4) is 0 Å². The van der Waals surface area contributed by atoms with Gasteiger partial charge in [0.2, 0.25) is 11.8 Å². The van der Waals surface area contributed by atoms with Gasteiger partial charge in [-0.1, -0.05) is 0 Å². The van der Waals surface area contributed by atoms with Crippen LogP contribution in [-0.4, -0.2) is 44.1 Å². The molecule has 0 saturated carbocycles. The van der Waals surface area contributed by atoms with Crippen LogP contribution in [0.15, 0.2) is 28.7 Å². The third kappa shape index (κ3) is 3.78. The maximum atomic E-state index is 11.6. The van der Waals surface area contributed by atoms with Crippen molar-refractivity contribution in [2.45, 2.75) is 6.54 Å². The highest BCUT2D eigenvalue weighted by molar-refractivity contribution is 7.87. The Bertz CT molecular complexity index is 694. The molecule has 0 aliphatic rings. The SMILES string of the molecule is COc1ccc(-c2nnc(CNS(=O)(=O)N(C)C)o2)cc1. The van der Waals surface area contributed by atoms with E-state index in [1.54, 1.807) is 31.4 Å². The van der Waals surface area contributed by atoms with Crippen LogP contribution >= 0.6 is 0 Å². The van der Waals surface area contributed by atoms with Gasteiger partial charge in [-0.3, -0.25) is 0 Å². The van der Waals surface area contributed by atoms with Gasteiger partial charge in [0, 0.05) is 19.7 Å². The van der Waals surface area contributed by atoms with Crippen molar-refractivity contribution in [1.82, 2.24) is 19.2 Å². The lowest BCUT2D eigenvalue weighted by atomic mass is 10.2. The molecule has 0 unspecified atom stereocenters. The third-order valence-corrected chi connectivity index (χ3v) is 4.16. The zero-order valence-electron chi connectivity index (χ0n) is 11.9. The van der Waals surface area contributed by atoms with Crippen LogP contribution in [-0.2, 0) is 16.8 Å². The zero-order valence-corrected chi connectivity index (χ0v) is 12.7. The summed E-state index contributed by atoms with van der Waals surface area (Å²) in [6, 6.07) is 7.10. The summed E-state index contributed by atoms with van der Waals surface area (Å²) in [4.78, 5) is 0. The van der Waals surface area contributed by atoms with Gasteiger partial charge >= 0.3 is 0 Å². The molecule has 8 nitrogen and oxygen atoms in total. The molecule has 0 fully saturated rings. The van der Waals surface area contributed by atoms with E-state index >= 15 is 0 Å². The highest BCUT2D eigenvalue weighted by Gasteiger charge is 2.15. The monoisotopic (exact) mass is 312 g/mol. The molecule has 0 bridgehead atoms. The van der Waals surface area contributed by atoms with Crippen LogP contribution in [0.1, 0.15) is 5.89 Å². The van der Waals surface area contributed by atoms with Crippen LogP contribution in [0.4, 0.5) is 0 Å². The molecule has 21 heavy (non-hydrogen) atoms. The average molecular weight is 312 g/mol. The Morgan fingerprint density at radius 2 is 1.90 bits per heavy atom. The number of ether oxygens (including phenoxy) is 1. The van der Waals surface area contributed by atoms with Crippen molar-refractivity contribution in [3.63, 3.8) is 0 Å². The van der Waals surface area contributed by atoms with Gasteiger partial charge in [0.05, 0.1) is 13.7 Å². The molecule has 1 heterocycles. The van der Waals surface area contributed by atoms with Crippen molar-refractivity contribution in [2.75, 3.05) is 21.2 Å². The van der Waals surface area contributed by atoms with E-state index in [1.807, 2.05) is 0 Å². The number of nitrogens with one attached hydrogen (secondary N) is 1. The fourth-order valence-corrected chi connectivity index (χ4v) is 2.02. The molecule has 0 spiro atoms. The molecule has 0 amide bonds. The second-order valence-electron chi connectivity index (χ2n) is 4.34. The topological polar surface area (TPSA) is 97.6 Å². The summed E-state index contributed by atoms with van der Waals surface area (Å²) in [5.41, 5.74) is 0.727. The summed E-state index contributed by atoms with van der Waals surface area (Å²) >= 11 is 0. The van der Waals surface area contributed by atoms with E-state index < -0.39 is 10.2 Å². The van der Waals surface area contributed by atoms with Gasteiger partial charge in [0.25, 0.3) is 10.2 Å². The number of hydrogen-bond acceptors (Lipinski definition) is 6. The van der Waals surface area contributed by atoms with E-state index in [0.717, 1.165) is 15.6 Å². The molecule has 114 valence electrons. The number of hydrogen-bond donors (Lipinski definition) is 1. The highest BCUT2D eigenvalue weighted by Crippen LogP contribution is 2.21. The molecule has 2 rings (SSSR count). The van der Waals surface area contributed by atoms with Gasteiger partial charge in [0.15, 0.2) is 0 Å². The number of nitrogens with zero attached hydrogens (tertiary/aromatic N) is 3. The molecule has 1 N–H and O–H groups in total. The van der Waals surface area contributed by atoms with Gasteiger partial charge < -0.3 is 9.15 Å². The van der Waals surface area contributed by atoms with E-state index in [-0.39, 0.29) is 12.4 Å². The van der Waals surface area contributed by atoms with Crippen LogP contribution in [0.5, 0.6) is 5.75 Å². The quantitative estimate of drug-likeness (QED) is 0.840. The first-order valence-corrected chi connectivity index (χ1v) is 7.50. The minimum Gasteiger partial charge on any atom is -0.497 e. The number of aromatic nitrogens is 2. The summed E-state index contributed by atoms with van der Waals surface area (Å²) < 4.78 is 37.0. The molecule has 2 aromatic rings. The maximum Gasteiger partial charge on any atom is 0.279 e. The molecule has 0 aliphatic heterocycles. The third-order valence-electron chi connectivity index (χ3n) is 2.69. The Morgan fingerprint density at radius 3 is 2.48 bits per heavy atom. The molecule has 1 aromatic heterocycles. The lowest BCUT2D eigenvalue weighted by Crippen LogP contribution is -2.35. The Labute approximate surface area is 122 Å². The molecule has 0 aliphatic carbocycles. The van der Waals surface area contributed by atoms with Crippen molar-refractivity contribution in [3.05, 3.63) is 30.2 Å². The van der Waals surface area contributed by atoms with Gasteiger partial charge in [-0.25, -0.2) is 0 Å². The normalized spacial score (nSPS) is 11.8. The predicted molar refractivity (Wildman–Crippen MR) is 75.7 cm³/mol. The van der Waals surface area contributed by atoms with Gasteiger partial charge in [-0.15, -0.1) is 10.2 Å². The van der Waals surface area contributed by atoms with E-state index in [1.165, 1.54) is 14.1 Å². The van der Waals surface area contributed by atoms with Gasteiger partial charge in [0.1, 0.15) is 5.75 Å². The molecular formula is C12H16N4O4S. The van der Waals surface area contributed by atoms with Crippen LogP contribution in [0.25, 0.3) is 11.5 Å². The number of methoxy groups -OCH3 is 1. The predicted octanol–water partition coefficient (Wildman–Crippen LogP) is 0.641. The Balaban J connectivity index is 2.07. The number of rotatable bonds is 6. The fraction of sp³-hybridized carbons (Fsp3) is 0.333. The molecule has 0 saturated heterocycles. The zero-order chi connectivity index (χ0) is 15.5. The average Bonchev–Trinajstić information content (AvgIpc) is 2.94. The summed E-state index contributed by atoms with van der Waals surface area (Å²) in [6.45, 7) is -0.0658. The Hall–Kier alpha value is -1.97. The van der Waals surface area contributed by atoms with Gasteiger partial charge in [-0.2, -0.15) is 17.4 Å². The van der Waals surface area contributed by atoms with Crippen molar-refractivity contribution in [3.8, 4) is 17.2 Å². The smallest absolute Gasteiger partial charge is 0.279 e. The first-order valence-electron chi connectivity index (χ1n) is 6.06. The molecule has 0 atom stereocenters. The van der Waals surface area contributed by atoms with Crippen molar-refractivity contribution < 1.29 is 17.6 Å². The minimum absolute atomic E-state index is 0.0658. The fourth-order valence-electron chi connectivity index (χ4n) is 1.46. The maximum absolute atomic E-state index is 11.6. The standard InChI is InChI=1S/C12H16N4O4S/c1-16(2)21(17,18)13-8-11-14-15-12(20-11)9-4-6-10(19-3)7-5-9/h4-7,13H,8H2,1-3H3. The number of benzene rings is 1. The van der Waals surface area contributed by atoms with Crippen molar-refractivity contribution in [2.24, 2.45) is 0 Å². The van der Waals surface area contributed by atoms with E-state index in [0.29, 0.717) is 5.89 Å². The van der Waals surface area contributed by atoms with Crippen molar-refractivity contribution in [1.29, 1.82) is 0 Å². The molecule has 9 heteroatoms. The largest absolute Gasteiger partial charge is 0.497 e. The molecule has 0 radical (unpaired) electrons. The Kier molecular flexibility index (Phi) is 4.56. The lowest BCUT2D eigenvalue weighted by Gasteiger charge is -2.10. The molecular weight excluding hydrogens is 296 g/mol. The summed E-state index contributed by atoms with van der Waals surface area (Å²) in [5.74, 6) is 1.22. The van der Waals surface area contributed by atoms with Crippen LogP contribution < -0.4 is 9.46 Å². The summed E-state index contributed by atoms with van der Waals surface area (Å²) in [6.07, 6.45) is 0. The minimum atomic E-state index is -3.52. The first kappa shape index (κ1) is 15.4. The summed E-state index contributed by atoms with van der Waals surface area (Å²) in [5, 5.41) is 7.69. The van der Waals surface area contributed by atoms with Crippen LogP contribution in [0, 0.1) is 0 Å². The summed E-state index contributed by atoms with van der Waals surface area (Å²) in [7, 11) is 0.917. The second kappa shape index (κ2) is 6.20. The van der Waals surface area contributed by atoms with Crippen LogP contribution in [0.2, 0.25) is 0 Å². The first-order chi connectivity index (χ1) is 9.92. The molecule has 1 aromatic carbocycles. The Morgan fingerprint density at radius 1 is 1.24 bits per heavy atom. The van der Waals surface area contributed by atoms with Crippen molar-refractivity contribution >= 4 is 10.2 Å².